The Labute approximate surface area is 155 Å². The lowest BCUT2D eigenvalue weighted by Crippen LogP contribution is -2.45. The van der Waals surface area contributed by atoms with Gasteiger partial charge in [-0.15, -0.1) is 0 Å². The van der Waals surface area contributed by atoms with Crippen LogP contribution in [0, 0.1) is 5.92 Å². The van der Waals surface area contributed by atoms with Gasteiger partial charge in [-0.3, -0.25) is 4.90 Å². The van der Waals surface area contributed by atoms with Crippen LogP contribution in [0.25, 0.3) is 0 Å². The van der Waals surface area contributed by atoms with Gasteiger partial charge in [-0.2, -0.15) is 13.2 Å². The number of hydrogen-bond donors (Lipinski definition) is 1. The number of carbonyl (C=O) groups excluding carboxylic acids is 1. The molecule has 130 valence electrons. The second-order valence-electron chi connectivity index (χ2n) is 5.35. The third kappa shape index (κ3) is 3.30. The highest BCUT2D eigenvalue weighted by molar-refractivity contribution is 7.81. The van der Waals surface area contributed by atoms with Gasteiger partial charge in [-0.25, -0.2) is 15.2 Å². The molecule has 2 atom stereocenters. The molecule has 11 heteroatoms. The zero-order valence-corrected chi connectivity index (χ0v) is 14.7. The van der Waals surface area contributed by atoms with Crippen LogP contribution >= 0.6 is 47.0 Å². The van der Waals surface area contributed by atoms with Crippen molar-refractivity contribution in [1.82, 2.24) is 10.4 Å². The van der Waals surface area contributed by atoms with E-state index in [0.29, 0.717) is 11.3 Å². The van der Waals surface area contributed by atoms with Gasteiger partial charge < -0.3 is 0 Å². The fourth-order valence-electron chi connectivity index (χ4n) is 2.47. The van der Waals surface area contributed by atoms with E-state index >= 15 is 0 Å². The highest BCUT2D eigenvalue weighted by Gasteiger charge is 2.53. The summed E-state index contributed by atoms with van der Waals surface area (Å²) in [7, 11) is 0. The number of benzene rings is 1. The number of amides is 2. The molecule has 0 bridgehead atoms. The molecular weight excluding hydrogens is 410 g/mol. The molecule has 1 heterocycles. The second-order valence-corrected chi connectivity index (χ2v) is 8.10. The minimum absolute atomic E-state index is 0.0405. The SMILES string of the molecule is O=C1N(c2cccc(C(F)(F)F)c2)C(C2CC2=S)NN1C(Cl)(Cl)Cl. The van der Waals surface area contributed by atoms with Crippen LogP contribution < -0.4 is 10.3 Å². The molecule has 24 heavy (non-hydrogen) atoms. The van der Waals surface area contributed by atoms with Gasteiger partial charge >= 0.3 is 12.2 Å². The largest absolute Gasteiger partial charge is 0.416 e. The van der Waals surface area contributed by atoms with Crippen LogP contribution in [0.4, 0.5) is 23.7 Å². The van der Waals surface area contributed by atoms with Crippen molar-refractivity contribution in [3.8, 4) is 0 Å². The molecule has 2 aliphatic rings. The standard InChI is InChI=1S/C13H9Cl3F3N3OS/c14-13(15,16)22-11(23)21(10(20-22)8-5-9(8)24)7-3-1-2-6(4-7)12(17,18)19/h1-4,8,10,20H,5H2. The summed E-state index contributed by atoms with van der Waals surface area (Å²) < 4.78 is 36.7. The molecule has 0 radical (unpaired) electrons. The van der Waals surface area contributed by atoms with E-state index in [1.54, 1.807) is 0 Å². The summed E-state index contributed by atoms with van der Waals surface area (Å²) in [5.74, 6) is -0.198. The number of hydrogen-bond acceptors (Lipinski definition) is 3. The van der Waals surface area contributed by atoms with Crippen LogP contribution in [-0.4, -0.2) is 26.0 Å². The summed E-state index contributed by atoms with van der Waals surface area (Å²) in [6.07, 6.45) is -4.68. The van der Waals surface area contributed by atoms with Gasteiger partial charge in [-0.05, 0) is 24.6 Å². The van der Waals surface area contributed by atoms with Gasteiger partial charge in [0.05, 0.1) is 5.56 Å². The van der Waals surface area contributed by atoms with E-state index in [1.165, 1.54) is 12.1 Å². The molecule has 0 aromatic heterocycles. The van der Waals surface area contributed by atoms with E-state index in [1.807, 2.05) is 0 Å². The molecule has 1 N–H and O–H groups in total. The van der Waals surface area contributed by atoms with E-state index in [4.69, 9.17) is 47.0 Å². The zero-order valence-electron chi connectivity index (χ0n) is 11.6. The fraction of sp³-hybridized carbons (Fsp3) is 0.385. The molecule has 3 rings (SSSR count). The summed E-state index contributed by atoms with van der Waals surface area (Å²) in [6.45, 7) is 0. The van der Waals surface area contributed by atoms with Crippen molar-refractivity contribution in [3.63, 3.8) is 0 Å². The fourth-order valence-corrected chi connectivity index (χ4v) is 3.14. The quantitative estimate of drug-likeness (QED) is 0.436. The average Bonchev–Trinajstić information content (AvgIpc) is 3.06. The molecule has 1 aromatic rings. The first-order chi connectivity index (χ1) is 11.0. The number of nitrogens with zero attached hydrogens (tertiary/aromatic N) is 2. The smallest absolute Gasteiger partial charge is 0.275 e. The van der Waals surface area contributed by atoms with Crippen molar-refractivity contribution in [2.24, 2.45) is 5.92 Å². The Kier molecular flexibility index (Phi) is 4.41. The number of hydrazine groups is 1. The Hall–Kier alpha value is -0.800. The lowest BCUT2D eigenvalue weighted by molar-refractivity contribution is -0.137. The third-order valence-corrected chi connectivity index (χ3v) is 4.67. The normalized spacial score (nSPS) is 24.8. The Morgan fingerprint density at radius 3 is 2.38 bits per heavy atom. The number of anilines is 1. The van der Waals surface area contributed by atoms with Crippen molar-refractivity contribution < 1.29 is 18.0 Å². The molecule has 1 saturated heterocycles. The first-order valence-electron chi connectivity index (χ1n) is 6.66. The summed E-state index contributed by atoms with van der Waals surface area (Å²) in [5.41, 5.74) is 1.89. The van der Waals surface area contributed by atoms with Gasteiger partial charge in [0.25, 0.3) is 3.92 Å². The van der Waals surface area contributed by atoms with E-state index in [0.717, 1.165) is 22.0 Å². The molecule has 0 spiro atoms. The third-order valence-electron chi connectivity index (χ3n) is 3.70. The van der Waals surface area contributed by atoms with E-state index in [9.17, 15) is 18.0 Å². The summed E-state index contributed by atoms with van der Waals surface area (Å²) in [5, 5.41) is 0.754. The maximum Gasteiger partial charge on any atom is 0.416 e. The zero-order chi connectivity index (χ0) is 17.9. The Morgan fingerprint density at radius 1 is 1.25 bits per heavy atom. The number of thiocarbonyl (C=S) groups is 1. The van der Waals surface area contributed by atoms with E-state index in [2.05, 4.69) is 5.43 Å². The van der Waals surface area contributed by atoms with Gasteiger partial charge in [0.2, 0.25) is 0 Å². The van der Waals surface area contributed by atoms with Crippen molar-refractivity contribution in [2.75, 3.05) is 4.90 Å². The number of rotatable bonds is 2. The number of urea groups is 1. The monoisotopic (exact) mass is 417 g/mol. The second kappa shape index (κ2) is 5.88. The maximum atomic E-state index is 12.9. The molecule has 1 aromatic carbocycles. The molecule has 1 aliphatic carbocycles. The van der Waals surface area contributed by atoms with Gasteiger partial charge in [0.1, 0.15) is 6.17 Å². The lowest BCUT2D eigenvalue weighted by atomic mass is 10.1. The molecular formula is C13H9Cl3F3N3OS. The van der Waals surface area contributed by atoms with Gasteiger partial charge in [0.15, 0.2) is 0 Å². The van der Waals surface area contributed by atoms with Crippen molar-refractivity contribution in [3.05, 3.63) is 29.8 Å². The lowest BCUT2D eigenvalue weighted by Gasteiger charge is -2.23. The van der Waals surface area contributed by atoms with Crippen LogP contribution in [0.15, 0.2) is 24.3 Å². The molecule has 2 unspecified atom stereocenters. The van der Waals surface area contributed by atoms with Crippen LogP contribution in [0.2, 0.25) is 0 Å². The van der Waals surface area contributed by atoms with Crippen LogP contribution in [-0.2, 0) is 6.18 Å². The van der Waals surface area contributed by atoms with E-state index in [-0.39, 0.29) is 11.6 Å². The van der Waals surface area contributed by atoms with Crippen molar-refractivity contribution in [1.29, 1.82) is 0 Å². The Balaban J connectivity index is 2.00. The predicted molar refractivity (Wildman–Crippen MR) is 89.1 cm³/mol. The summed E-state index contributed by atoms with van der Waals surface area (Å²) in [6, 6.07) is 3.62. The topological polar surface area (TPSA) is 35.6 Å². The summed E-state index contributed by atoms with van der Waals surface area (Å²) >= 11 is 22.3. The first kappa shape index (κ1) is 18.0. The van der Waals surface area contributed by atoms with Crippen LogP contribution in [0.1, 0.15) is 12.0 Å². The number of carbonyl (C=O) groups is 1. The van der Waals surface area contributed by atoms with Gasteiger partial charge in [0, 0.05) is 16.5 Å². The minimum Gasteiger partial charge on any atom is -0.275 e. The Bertz CT molecular complexity index is 710. The molecule has 1 aliphatic heterocycles. The van der Waals surface area contributed by atoms with Crippen molar-refractivity contribution in [2.45, 2.75) is 22.7 Å². The van der Waals surface area contributed by atoms with Crippen LogP contribution in [0.3, 0.4) is 0 Å². The number of alkyl halides is 6. The van der Waals surface area contributed by atoms with Crippen LogP contribution in [0.5, 0.6) is 0 Å². The Morgan fingerprint density at radius 2 is 1.88 bits per heavy atom. The van der Waals surface area contributed by atoms with Crippen molar-refractivity contribution >= 4 is 63.6 Å². The number of nitrogens with one attached hydrogen (secondary N) is 1. The highest BCUT2D eigenvalue weighted by atomic mass is 35.6. The molecule has 4 nitrogen and oxygen atoms in total. The predicted octanol–water partition coefficient (Wildman–Crippen LogP) is 4.50. The summed E-state index contributed by atoms with van der Waals surface area (Å²) in [4.78, 5) is 14.4. The molecule has 1 saturated carbocycles. The molecule has 2 amide bonds. The maximum absolute atomic E-state index is 12.9. The first-order valence-corrected chi connectivity index (χ1v) is 8.20. The average molecular weight is 419 g/mol. The molecule has 2 fully saturated rings. The minimum atomic E-state index is -4.54. The van der Waals surface area contributed by atoms with Gasteiger partial charge in [-0.1, -0.05) is 53.1 Å². The highest BCUT2D eigenvalue weighted by Crippen LogP contribution is 2.42. The van der Waals surface area contributed by atoms with E-state index < -0.39 is 27.9 Å². The number of halogens is 6.